The van der Waals surface area contributed by atoms with Gasteiger partial charge in [0.2, 0.25) is 0 Å². The molecule has 158 valence electrons. The van der Waals surface area contributed by atoms with Crippen LogP contribution in [-0.4, -0.2) is 32.5 Å². The van der Waals surface area contributed by atoms with Crippen LogP contribution in [-0.2, 0) is 14.0 Å². The Bertz CT molecular complexity index is 740. The lowest BCUT2D eigenvalue weighted by Gasteiger charge is -2.43. The van der Waals surface area contributed by atoms with Gasteiger partial charge in [0.1, 0.15) is 5.60 Å². The fourth-order valence-electron chi connectivity index (χ4n) is 3.65. The number of ether oxygens (including phenoxy) is 1. The predicted molar refractivity (Wildman–Crippen MR) is 122 cm³/mol. The van der Waals surface area contributed by atoms with Gasteiger partial charge < -0.3 is 14.9 Å². The number of esters is 1. The van der Waals surface area contributed by atoms with E-state index >= 15 is 0 Å². The monoisotopic (exact) mass is 413 g/mol. The molecular weight excluding hydrogens is 378 g/mol. The molecule has 29 heavy (non-hydrogen) atoms. The molecule has 5 heteroatoms. The molecule has 2 aromatic rings. The average Bonchev–Trinajstić information content (AvgIpc) is 2.61. The van der Waals surface area contributed by atoms with E-state index in [1.807, 2.05) is 32.9 Å². The number of nitrogens with two attached hydrogens (primary N) is 1. The maximum atomic E-state index is 12.2. The highest BCUT2D eigenvalue weighted by Gasteiger charge is 2.50. The van der Waals surface area contributed by atoms with Crippen molar-refractivity contribution in [3.8, 4) is 0 Å². The summed E-state index contributed by atoms with van der Waals surface area (Å²) in [6.45, 7) is 12.5. The molecule has 0 unspecified atom stereocenters. The number of benzene rings is 2. The number of hydrogen-bond donors (Lipinski definition) is 1. The molecule has 0 spiro atoms. The van der Waals surface area contributed by atoms with Crippen LogP contribution in [0.5, 0.6) is 0 Å². The second-order valence-corrected chi connectivity index (χ2v) is 13.8. The first kappa shape index (κ1) is 23.3. The third-order valence-electron chi connectivity index (χ3n) is 4.78. The van der Waals surface area contributed by atoms with Gasteiger partial charge in [0.15, 0.2) is 0 Å². The topological polar surface area (TPSA) is 61.5 Å². The molecule has 1 atom stereocenters. The first-order valence-electron chi connectivity index (χ1n) is 10.2. The van der Waals surface area contributed by atoms with E-state index < -0.39 is 20.0 Å². The fraction of sp³-hybridized carbons (Fsp3) is 0.458. The molecule has 0 heterocycles. The van der Waals surface area contributed by atoms with Crippen LogP contribution in [0.2, 0.25) is 5.04 Å². The number of carbonyl (C=O) groups is 1. The van der Waals surface area contributed by atoms with Gasteiger partial charge in [-0.3, -0.25) is 4.79 Å². The Morgan fingerprint density at radius 3 is 1.72 bits per heavy atom. The summed E-state index contributed by atoms with van der Waals surface area (Å²) in [6, 6.07) is 20.4. The molecule has 0 saturated heterocycles. The van der Waals surface area contributed by atoms with Gasteiger partial charge >= 0.3 is 5.97 Å². The minimum atomic E-state index is -2.64. The maximum absolute atomic E-state index is 12.2. The van der Waals surface area contributed by atoms with Gasteiger partial charge in [-0.1, -0.05) is 81.4 Å². The molecule has 0 aliphatic rings. The Kier molecular flexibility index (Phi) is 7.43. The minimum absolute atomic E-state index is 0.124. The van der Waals surface area contributed by atoms with E-state index in [0.717, 1.165) is 0 Å². The highest BCUT2D eigenvalue weighted by Crippen LogP contribution is 2.36. The Morgan fingerprint density at radius 2 is 1.34 bits per heavy atom. The van der Waals surface area contributed by atoms with E-state index in [9.17, 15) is 4.79 Å². The van der Waals surface area contributed by atoms with Crippen molar-refractivity contribution in [2.45, 2.75) is 64.6 Å². The largest absolute Gasteiger partial charge is 0.460 e. The molecule has 0 saturated carbocycles. The molecule has 4 nitrogen and oxygen atoms in total. The zero-order chi connectivity index (χ0) is 21.7. The Hall–Kier alpha value is -1.95. The van der Waals surface area contributed by atoms with E-state index in [2.05, 4.69) is 69.3 Å². The van der Waals surface area contributed by atoms with E-state index in [-0.39, 0.29) is 17.4 Å². The molecular formula is C24H35NO3Si. The molecule has 0 fully saturated rings. The van der Waals surface area contributed by atoms with Gasteiger partial charge in [0.05, 0.1) is 13.0 Å². The second-order valence-electron chi connectivity index (χ2n) is 9.52. The lowest BCUT2D eigenvalue weighted by atomic mass is 10.2. The van der Waals surface area contributed by atoms with Crippen LogP contribution >= 0.6 is 0 Å². The van der Waals surface area contributed by atoms with E-state index in [1.165, 1.54) is 10.4 Å². The second kappa shape index (κ2) is 9.24. The standard InChI is InChI=1S/C24H35NO3Si/c1-23(2,3)28-22(26)17-19(25)18-27-29(24(4,5)6,20-13-9-7-10-14-20)21-15-11-8-12-16-21/h7-16,19H,17-18,25H2,1-6H3/t19-/m0/s1. The van der Waals surface area contributed by atoms with Gasteiger partial charge in [0, 0.05) is 6.04 Å². The Balaban J connectivity index is 2.33. The molecule has 0 aromatic heterocycles. The molecule has 0 aliphatic heterocycles. The first-order chi connectivity index (χ1) is 13.5. The third kappa shape index (κ3) is 6.01. The normalized spacial score (nSPS) is 13.8. The van der Waals surface area contributed by atoms with Crippen LogP contribution in [0.4, 0.5) is 0 Å². The maximum Gasteiger partial charge on any atom is 0.307 e. The van der Waals surface area contributed by atoms with Gasteiger partial charge in [-0.15, -0.1) is 0 Å². The van der Waals surface area contributed by atoms with Crippen molar-refractivity contribution in [1.82, 2.24) is 0 Å². The van der Waals surface area contributed by atoms with Crippen molar-refractivity contribution >= 4 is 24.7 Å². The van der Waals surface area contributed by atoms with Gasteiger partial charge in [-0.25, -0.2) is 0 Å². The summed E-state index contributed by atoms with van der Waals surface area (Å²) in [5.74, 6) is -0.295. The first-order valence-corrected chi connectivity index (χ1v) is 12.1. The predicted octanol–water partition coefficient (Wildman–Crippen LogP) is 3.62. The van der Waals surface area contributed by atoms with Crippen molar-refractivity contribution in [3.05, 3.63) is 60.7 Å². The summed E-state index contributed by atoms with van der Waals surface area (Å²) in [6.07, 6.45) is 0.134. The molecule has 0 bridgehead atoms. The Labute approximate surface area is 176 Å². The molecule has 2 aromatic carbocycles. The van der Waals surface area contributed by atoms with Crippen molar-refractivity contribution in [3.63, 3.8) is 0 Å². The summed E-state index contributed by atoms with van der Waals surface area (Å²) in [5, 5.41) is 2.27. The van der Waals surface area contributed by atoms with E-state index in [4.69, 9.17) is 14.9 Å². The van der Waals surface area contributed by atoms with Crippen LogP contribution in [0.1, 0.15) is 48.0 Å². The third-order valence-corrected chi connectivity index (χ3v) is 9.78. The fourth-order valence-corrected chi connectivity index (χ4v) is 8.27. The minimum Gasteiger partial charge on any atom is -0.460 e. The quantitative estimate of drug-likeness (QED) is 0.556. The van der Waals surface area contributed by atoms with Gasteiger partial charge in [-0.2, -0.15) is 0 Å². The molecule has 2 N–H and O–H groups in total. The van der Waals surface area contributed by atoms with Crippen LogP contribution in [0.25, 0.3) is 0 Å². The summed E-state index contributed by atoms with van der Waals surface area (Å²) < 4.78 is 12.2. The smallest absolute Gasteiger partial charge is 0.307 e. The molecule has 0 aliphatic carbocycles. The lowest BCUT2D eigenvalue weighted by molar-refractivity contribution is -0.155. The molecule has 0 radical (unpaired) electrons. The number of hydrogen-bond acceptors (Lipinski definition) is 4. The van der Waals surface area contributed by atoms with Crippen LogP contribution < -0.4 is 16.1 Å². The van der Waals surface area contributed by atoms with Crippen molar-refractivity contribution in [1.29, 1.82) is 0 Å². The van der Waals surface area contributed by atoms with Gasteiger partial charge in [-0.05, 0) is 36.2 Å². The average molecular weight is 414 g/mol. The van der Waals surface area contributed by atoms with Gasteiger partial charge in [0.25, 0.3) is 8.32 Å². The summed E-state index contributed by atoms with van der Waals surface area (Å²) in [4.78, 5) is 12.2. The van der Waals surface area contributed by atoms with Crippen LogP contribution in [0.3, 0.4) is 0 Å². The Morgan fingerprint density at radius 1 is 0.897 bits per heavy atom. The highest BCUT2D eigenvalue weighted by atomic mass is 28.4. The molecule has 2 rings (SSSR count). The summed E-state index contributed by atoms with van der Waals surface area (Å²) in [7, 11) is -2.64. The van der Waals surface area contributed by atoms with E-state index in [1.54, 1.807) is 0 Å². The van der Waals surface area contributed by atoms with Crippen molar-refractivity contribution in [2.75, 3.05) is 6.61 Å². The number of rotatable bonds is 7. The zero-order valence-electron chi connectivity index (χ0n) is 18.6. The lowest BCUT2D eigenvalue weighted by Crippen LogP contribution is -2.67. The number of carbonyl (C=O) groups excluding carboxylic acids is 1. The van der Waals surface area contributed by atoms with Crippen LogP contribution in [0.15, 0.2) is 60.7 Å². The van der Waals surface area contributed by atoms with Crippen LogP contribution in [0, 0.1) is 0 Å². The molecule has 0 amide bonds. The van der Waals surface area contributed by atoms with Crippen molar-refractivity contribution in [2.24, 2.45) is 5.73 Å². The summed E-state index contributed by atoms with van der Waals surface area (Å²) >= 11 is 0. The van der Waals surface area contributed by atoms with E-state index in [0.29, 0.717) is 6.61 Å². The SMILES string of the molecule is CC(C)(C)OC(=O)C[C@H](N)CO[Si](c1ccccc1)(c1ccccc1)C(C)(C)C. The summed E-state index contributed by atoms with van der Waals surface area (Å²) in [5.41, 5.74) is 5.78. The van der Waals surface area contributed by atoms with Crippen molar-refractivity contribution < 1.29 is 14.0 Å². The zero-order valence-corrected chi connectivity index (χ0v) is 19.6. The highest BCUT2D eigenvalue weighted by molar-refractivity contribution is 6.99.